The van der Waals surface area contributed by atoms with E-state index in [0.717, 1.165) is 25.4 Å². The third-order valence-corrected chi connectivity index (χ3v) is 6.16. The molecule has 112 valence electrons. The van der Waals surface area contributed by atoms with Gasteiger partial charge in [0.1, 0.15) is 0 Å². The van der Waals surface area contributed by atoms with Crippen molar-refractivity contribution in [2.45, 2.75) is 58.3 Å². The summed E-state index contributed by atoms with van der Waals surface area (Å²) in [6.45, 7) is 14.1. The predicted molar refractivity (Wildman–Crippen MR) is 83.7 cm³/mol. The van der Waals surface area contributed by atoms with Gasteiger partial charge in [-0.25, -0.2) is 0 Å². The van der Waals surface area contributed by atoms with Crippen LogP contribution in [0.5, 0.6) is 0 Å². The van der Waals surface area contributed by atoms with Crippen LogP contribution in [0.4, 0.5) is 0 Å². The van der Waals surface area contributed by atoms with Gasteiger partial charge in [-0.05, 0) is 38.4 Å². The molecule has 0 aliphatic carbocycles. The number of rotatable bonds is 2. The first-order chi connectivity index (χ1) is 8.72. The predicted octanol–water partition coefficient (Wildman–Crippen LogP) is 2.35. The van der Waals surface area contributed by atoms with Crippen LogP contribution in [0.25, 0.3) is 0 Å². The maximum atomic E-state index is 6.28. The Hall–Kier alpha value is 0.230. The van der Waals surface area contributed by atoms with Gasteiger partial charge >= 0.3 is 0 Å². The van der Waals surface area contributed by atoms with Crippen LogP contribution in [0, 0.1) is 5.41 Å². The van der Waals surface area contributed by atoms with Gasteiger partial charge in [0, 0.05) is 30.9 Å². The fourth-order valence-electron chi connectivity index (χ4n) is 3.76. The Kier molecular flexibility index (Phi) is 4.28. The molecule has 0 saturated carbocycles. The van der Waals surface area contributed by atoms with Gasteiger partial charge in [0.25, 0.3) is 0 Å². The molecule has 2 fully saturated rings. The summed E-state index contributed by atoms with van der Waals surface area (Å²) in [6.07, 6.45) is 1.54. The second-order valence-electron chi connectivity index (χ2n) is 7.49. The number of ether oxygens (including phenoxy) is 1. The maximum absolute atomic E-state index is 6.28. The van der Waals surface area contributed by atoms with Crippen LogP contribution in [-0.4, -0.2) is 53.3 Å². The Bertz CT molecular complexity index is 332. The minimum atomic E-state index is -0.0714. The first-order valence-electron chi connectivity index (χ1n) is 7.43. The molecular formula is C15H30N2OS. The van der Waals surface area contributed by atoms with Gasteiger partial charge in [0.15, 0.2) is 0 Å². The zero-order valence-corrected chi connectivity index (χ0v) is 14.0. The number of hydrogen-bond donors (Lipinski definition) is 1. The topological polar surface area (TPSA) is 38.5 Å². The van der Waals surface area contributed by atoms with Crippen molar-refractivity contribution >= 4 is 11.8 Å². The van der Waals surface area contributed by atoms with Gasteiger partial charge in [-0.1, -0.05) is 13.8 Å². The van der Waals surface area contributed by atoms with Crippen molar-refractivity contribution < 1.29 is 4.74 Å². The van der Waals surface area contributed by atoms with Crippen LogP contribution in [-0.2, 0) is 4.74 Å². The van der Waals surface area contributed by atoms with Gasteiger partial charge in [0.2, 0.25) is 0 Å². The molecule has 0 aromatic heterocycles. The first kappa shape index (κ1) is 15.6. The summed E-state index contributed by atoms with van der Waals surface area (Å²) in [5.74, 6) is 2.41. The van der Waals surface area contributed by atoms with E-state index in [9.17, 15) is 0 Å². The number of hydrogen-bond acceptors (Lipinski definition) is 4. The van der Waals surface area contributed by atoms with E-state index < -0.39 is 0 Å². The molecule has 19 heavy (non-hydrogen) atoms. The van der Waals surface area contributed by atoms with Crippen molar-refractivity contribution in [3.63, 3.8) is 0 Å². The lowest BCUT2D eigenvalue weighted by atomic mass is 9.69. The summed E-state index contributed by atoms with van der Waals surface area (Å²) in [5, 5.41) is 0. The molecular weight excluding hydrogens is 256 g/mol. The van der Waals surface area contributed by atoms with E-state index >= 15 is 0 Å². The average Bonchev–Trinajstić information content (AvgIpc) is 2.26. The highest BCUT2D eigenvalue weighted by atomic mass is 32.2. The van der Waals surface area contributed by atoms with Gasteiger partial charge < -0.3 is 10.5 Å². The molecule has 2 aliphatic heterocycles. The Morgan fingerprint density at radius 3 is 2.53 bits per heavy atom. The lowest BCUT2D eigenvalue weighted by Gasteiger charge is -2.59. The molecule has 0 bridgehead atoms. The van der Waals surface area contributed by atoms with E-state index in [2.05, 4.69) is 51.3 Å². The monoisotopic (exact) mass is 286 g/mol. The molecule has 0 radical (unpaired) electrons. The van der Waals surface area contributed by atoms with Crippen molar-refractivity contribution in [1.82, 2.24) is 4.90 Å². The summed E-state index contributed by atoms with van der Waals surface area (Å²) in [7, 11) is 0. The summed E-state index contributed by atoms with van der Waals surface area (Å²) in [4.78, 5) is 2.63. The van der Waals surface area contributed by atoms with Crippen molar-refractivity contribution in [3.05, 3.63) is 0 Å². The maximum Gasteiger partial charge on any atom is 0.0757 e. The van der Waals surface area contributed by atoms with Crippen LogP contribution >= 0.6 is 11.8 Å². The Labute approximate surface area is 122 Å². The second-order valence-corrected chi connectivity index (χ2v) is 8.60. The Balaban J connectivity index is 2.29. The smallest absolute Gasteiger partial charge is 0.0757 e. The highest BCUT2D eigenvalue weighted by molar-refractivity contribution is 7.99. The zero-order chi connectivity index (χ0) is 14.3. The molecule has 0 aromatic rings. The van der Waals surface area contributed by atoms with Crippen molar-refractivity contribution in [2.24, 2.45) is 11.1 Å². The highest BCUT2D eigenvalue weighted by Crippen LogP contribution is 2.46. The summed E-state index contributed by atoms with van der Waals surface area (Å²) in [6, 6.07) is 0. The second kappa shape index (κ2) is 5.21. The van der Waals surface area contributed by atoms with E-state index in [1.54, 1.807) is 0 Å². The van der Waals surface area contributed by atoms with Crippen molar-refractivity contribution in [2.75, 3.05) is 31.1 Å². The summed E-state index contributed by atoms with van der Waals surface area (Å²) < 4.78 is 6.06. The molecule has 2 saturated heterocycles. The molecule has 2 aliphatic rings. The Morgan fingerprint density at radius 2 is 2.00 bits per heavy atom. The van der Waals surface area contributed by atoms with Crippen molar-refractivity contribution in [3.8, 4) is 0 Å². The molecule has 2 heterocycles. The molecule has 2 rings (SSSR count). The molecule has 0 aromatic carbocycles. The van der Waals surface area contributed by atoms with Crippen LogP contribution < -0.4 is 5.73 Å². The molecule has 2 N–H and O–H groups in total. The van der Waals surface area contributed by atoms with E-state index in [-0.39, 0.29) is 22.7 Å². The normalized spacial score (nSPS) is 39.2. The minimum absolute atomic E-state index is 0.0714. The van der Waals surface area contributed by atoms with Gasteiger partial charge in [0.05, 0.1) is 11.7 Å². The molecule has 0 amide bonds. The largest absolute Gasteiger partial charge is 0.370 e. The Morgan fingerprint density at radius 1 is 1.32 bits per heavy atom. The molecule has 4 heteroatoms. The molecule has 2 atom stereocenters. The van der Waals surface area contributed by atoms with Crippen LogP contribution in [0.15, 0.2) is 0 Å². The van der Waals surface area contributed by atoms with Gasteiger partial charge in [-0.3, -0.25) is 4.90 Å². The third-order valence-electron chi connectivity index (χ3n) is 4.98. The summed E-state index contributed by atoms with van der Waals surface area (Å²) >= 11 is 2.06. The fourth-order valence-corrected chi connectivity index (χ4v) is 5.59. The number of thioether (sulfide) groups is 1. The van der Waals surface area contributed by atoms with Gasteiger partial charge in [-0.2, -0.15) is 11.8 Å². The molecule has 0 spiro atoms. The van der Waals surface area contributed by atoms with E-state index in [1.807, 2.05) is 0 Å². The minimum Gasteiger partial charge on any atom is -0.370 e. The number of morpholine rings is 1. The number of nitrogens with two attached hydrogens (primary N) is 1. The van der Waals surface area contributed by atoms with Crippen molar-refractivity contribution in [1.29, 1.82) is 0 Å². The van der Waals surface area contributed by atoms with Crippen LogP contribution in [0.1, 0.15) is 41.0 Å². The molecule has 3 nitrogen and oxygen atoms in total. The van der Waals surface area contributed by atoms with E-state index in [4.69, 9.17) is 10.5 Å². The quantitative estimate of drug-likeness (QED) is 0.846. The van der Waals surface area contributed by atoms with E-state index in [1.165, 1.54) is 12.2 Å². The zero-order valence-electron chi connectivity index (χ0n) is 13.2. The van der Waals surface area contributed by atoms with Crippen LogP contribution in [0.3, 0.4) is 0 Å². The standard InChI is InChI=1S/C15H30N2OS/c1-12-8-17(10-14(4,5)18-12)15(9-16)11-19-7-6-13(15,2)3/h12H,6-11,16H2,1-5H3. The average molecular weight is 286 g/mol. The number of nitrogens with zero attached hydrogens (tertiary/aromatic N) is 1. The lowest BCUT2D eigenvalue weighted by Crippen LogP contribution is -2.70. The highest BCUT2D eigenvalue weighted by Gasteiger charge is 2.52. The fraction of sp³-hybridized carbons (Fsp3) is 1.00. The third kappa shape index (κ3) is 2.82. The SMILES string of the molecule is CC1CN(C2(CN)CSCCC2(C)C)CC(C)(C)O1. The van der Waals surface area contributed by atoms with E-state index in [0.29, 0.717) is 0 Å². The van der Waals surface area contributed by atoms with Gasteiger partial charge in [-0.15, -0.1) is 0 Å². The summed E-state index contributed by atoms with van der Waals surface area (Å²) in [5.41, 5.74) is 6.61. The lowest BCUT2D eigenvalue weighted by molar-refractivity contribution is -0.166. The van der Waals surface area contributed by atoms with Crippen LogP contribution in [0.2, 0.25) is 0 Å². The molecule has 2 unspecified atom stereocenters. The first-order valence-corrected chi connectivity index (χ1v) is 8.59.